The minimum Gasteiger partial charge on any atom is -0.353 e. The maximum Gasteiger partial charge on any atom is 0.272 e. The predicted molar refractivity (Wildman–Crippen MR) is 165 cm³/mol. The van der Waals surface area contributed by atoms with Gasteiger partial charge in [-0.3, -0.25) is 23.5 Å². The lowest BCUT2D eigenvalue weighted by atomic mass is 9.91. The number of hydrogen-bond donors (Lipinski definition) is 2. The first-order chi connectivity index (χ1) is 21.3. The molecule has 44 heavy (non-hydrogen) atoms. The fourth-order valence-electron chi connectivity index (χ4n) is 6.23. The molecule has 0 saturated carbocycles. The third-order valence-electron chi connectivity index (χ3n) is 8.68. The Morgan fingerprint density at radius 3 is 2.73 bits per heavy atom. The minimum absolute atomic E-state index is 0.0305. The van der Waals surface area contributed by atoms with Gasteiger partial charge >= 0.3 is 0 Å². The van der Waals surface area contributed by atoms with Crippen LogP contribution in [-0.2, 0) is 31.2 Å². The molecule has 232 valence electrons. The van der Waals surface area contributed by atoms with E-state index < -0.39 is 0 Å². The minimum atomic E-state index is -0.199. The number of amides is 3. The lowest BCUT2D eigenvalue weighted by Gasteiger charge is -2.25. The van der Waals surface area contributed by atoms with E-state index in [1.165, 1.54) is 0 Å². The smallest absolute Gasteiger partial charge is 0.272 e. The standard InChI is InChI=1S/C32H41N9O3/c1-21(2)13-18-41-25-11-10-23-19-24(25)29(37-41)31(43)33-14-6-17-39(16-5-8-28(42)34-23)32(44)22-9-12-27-35-36-30(40(27)20-22)26-7-4-15-38(26)3/h4,7,9,12,15,20-21,23H,5-6,8,10-11,13-14,16-19H2,1-3H3,(H,33,43)(H,34,42). The molecule has 1 unspecified atom stereocenters. The quantitative estimate of drug-likeness (QED) is 0.363. The summed E-state index contributed by atoms with van der Waals surface area (Å²) in [6.45, 7) is 6.43. The summed E-state index contributed by atoms with van der Waals surface area (Å²) in [6.07, 6.45) is 8.34. The highest BCUT2D eigenvalue weighted by Crippen LogP contribution is 2.26. The number of aryl methyl sites for hydroxylation is 2. The van der Waals surface area contributed by atoms with Gasteiger partial charge in [-0.1, -0.05) is 13.8 Å². The largest absolute Gasteiger partial charge is 0.353 e. The number of carbonyl (C=O) groups excluding carboxylic acids is 3. The highest BCUT2D eigenvalue weighted by atomic mass is 16.2. The van der Waals surface area contributed by atoms with Crippen LogP contribution in [-0.4, -0.2) is 77.2 Å². The number of aromatic nitrogens is 6. The zero-order valence-electron chi connectivity index (χ0n) is 25.8. The second-order valence-electron chi connectivity index (χ2n) is 12.4. The number of rotatable bonds is 5. The molecular formula is C32H41N9O3. The van der Waals surface area contributed by atoms with E-state index >= 15 is 0 Å². The molecule has 2 N–H and O–H groups in total. The van der Waals surface area contributed by atoms with Gasteiger partial charge in [0.25, 0.3) is 11.8 Å². The van der Waals surface area contributed by atoms with Crippen LogP contribution in [0.15, 0.2) is 36.7 Å². The summed E-state index contributed by atoms with van der Waals surface area (Å²) < 4.78 is 5.79. The Kier molecular flexibility index (Phi) is 8.49. The molecule has 0 saturated heterocycles. The van der Waals surface area contributed by atoms with E-state index in [4.69, 9.17) is 5.10 Å². The molecule has 4 aromatic rings. The van der Waals surface area contributed by atoms with Crippen molar-refractivity contribution in [2.45, 2.75) is 71.4 Å². The van der Waals surface area contributed by atoms with Crippen LogP contribution < -0.4 is 10.6 Å². The van der Waals surface area contributed by atoms with E-state index in [1.54, 1.807) is 23.2 Å². The molecule has 2 aliphatic rings. The second kappa shape index (κ2) is 12.6. The zero-order chi connectivity index (χ0) is 30.8. The van der Waals surface area contributed by atoms with Gasteiger partial charge in [0.1, 0.15) is 0 Å². The molecule has 1 aliphatic carbocycles. The number of carbonyl (C=O) groups is 3. The Morgan fingerprint density at radius 2 is 1.93 bits per heavy atom. The van der Waals surface area contributed by atoms with Crippen LogP contribution in [0.1, 0.15) is 78.1 Å². The molecule has 0 spiro atoms. The molecule has 5 heterocycles. The summed E-state index contributed by atoms with van der Waals surface area (Å²) in [5.41, 5.74) is 4.57. The Bertz CT molecular complexity index is 1680. The first-order valence-electron chi connectivity index (χ1n) is 15.7. The van der Waals surface area contributed by atoms with Crippen LogP contribution in [0.25, 0.3) is 17.2 Å². The molecule has 1 aliphatic heterocycles. The summed E-state index contributed by atoms with van der Waals surface area (Å²) in [5.74, 6) is 0.816. The van der Waals surface area contributed by atoms with Crippen molar-refractivity contribution in [1.29, 1.82) is 0 Å². The molecule has 12 nitrogen and oxygen atoms in total. The van der Waals surface area contributed by atoms with Gasteiger partial charge in [-0.15, -0.1) is 10.2 Å². The molecule has 4 aromatic heterocycles. The summed E-state index contributed by atoms with van der Waals surface area (Å²) in [4.78, 5) is 41.9. The lowest BCUT2D eigenvalue weighted by Crippen LogP contribution is -2.40. The van der Waals surface area contributed by atoms with Gasteiger partial charge in [-0.05, 0) is 68.7 Å². The van der Waals surface area contributed by atoms with Crippen LogP contribution in [0.2, 0.25) is 0 Å². The van der Waals surface area contributed by atoms with Gasteiger partial charge in [-0.2, -0.15) is 5.10 Å². The Morgan fingerprint density at radius 1 is 1.09 bits per heavy atom. The lowest BCUT2D eigenvalue weighted by molar-refractivity contribution is -0.122. The van der Waals surface area contributed by atoms with Crippen molar-refractivity contribution in [2.75, 3.05) is 19.6 Å². The van der Waals surface area contributed by atoms with Crippen LogP contribution in [0.3, 0.4) is 0 Å². The first kappa shape index (κ1) is 29.6. The number of nitrogens with one attached hydrogen (secondary N) is 2. The zero-order valence-corrected chi connectivity index (χ0v) is 25.8. The monoisotopic (exact) mass is 599 g/mol. The average molecular weight is 600 g/mol. The number of fused-ring (bicyclic) bond motifs is 2. The highest BCUT2D eigenvalue weighted by molar-refractivity contribution is 5.95. The van der Waals surface area contributed by atoms with E-state index in [2.05, 4.69) is 34.7 Å². The van der Waals surface area contributed by atoms with Gasteiger partial charge in [-0.25, -0.2) is 0 Å². The Hall–Kier alpha value is -4.48. The van der Waals surface area contributed by atoms with E-state index in [9.17, 15) is 14.4 Å². The maximum atomic E-state index is 13.8. The third kappa shape index (κ3) is 6.11. The number of hydrogen-bond acceptors (Lipinski definition) is 6. The summed E-state index contributed by atoms with van der Waals surface area (Å²) in [6, 6.07) is 7.41. The molecule has 0 aromatic carbocycles. The van der Waals surface area contributed by atoms with E-state index in [-0.39, 0.29) is 23.8 Å². The molecule has 0 radical (unpaired) electrons. The highest BCUT2D eigenvalue weighted by Gasteiger charge is 2.30. The van der Waals surface area contributed by atoms with Crippen LogP contribution >= 0.6 is 0 Å². The van der Waals surface area contributed by atoms with Gasteiger partial charge < -0.3 is 20.1 Å². The summed E-state index contributed by atoms with van der Waals surface area (Å²) in [5, 5.41) is 19.6. The predicted octanol–water partition coefficient (Wildman–Crippen LogP) is 3.01. The SMILES string of the molecule is CC(C)CCn1nc2c3c1CCC(C3)NC(=O)CCCN(C(=O)c1ccc3nnc(-c4cccn4C)n3c1)CCCNC2=O. The molecule has 1 atom stereocenters. The maximum absolute atomic E-state index is 13.8. The van der Waals surface area contributed by atoms with Crippen molar-refractivity contribution in [2.24, 2.45) is 13.0 Å². The van der Waals surface area contributed by atoms with Crippen molar-refractivity contribution in [1.82, 2.24) is 44.5 Å². The molecule has 3 amide bonds. The van der Waals surface area contributed by atoms with Gasteiger partial charge in [0.05, 0.1) is 11.3 Å². The normalized spacial score (nSPS) is 18.2. The van der Waals surface area contributed by atoms with Gasteiger partial charge in [0.2, 0.25) is 5.91 Å². The van der Waals surface area contributed by atoms with Crippen molar-refractivity contribution in [3.8, 4) is 11.5 Å². The molecule has 12 heteroatoms. The van der Waals surface area contributed by atoms with Crippen LogP contribution in [0.5, 0.6) is 0 Å². The molecule has 2 bridgehead atoms. The van der Waals surface area contributed by atoms with Crippen molar-refractivity contribution in [3.63, 3.8) is 0 Å². The van der Waals surface area contributed by atoms with E-state index in [0.717, 1.165) is 42.8 Å². The number of nitrogens with zero attached hydrogens (tertiary/aromatic N) is 7. The van der Waals surface area contributed by atoms with Crippen molar-refractivity contribution < 1.29 is 14.4 Å². The second-order valence-corrected chi connectivity index (χ2v) is 12.4. The topological polar surface area (TPSA) is 131 Å². The van der Waals surface area contributed by atoms with Crippen molar-refractivity contribution in [3.05, 3.63) is 59.2 Å². The van der Waals surface area contributed by atoms with Gasteiger partial charge in [0.15, 0.2) is 17.2 Å². The van der Waals surface area contributed by atoms with Crippen molar-refractivity contribution >= 4 is 23.4 Å². The first-order valence-corrected chi connectivity index (χ1v) is 15.7. The third-order valence-corrected chi connectivity index (χ3v) is 8.68. The van der Waals surface area contributed by atoms with E-state index in [1.807, 2.05) is 39.0 Å². The van der Waals surface area contributed by atoms with Crippen LogP contribution in [0.4, 0.5) is 0 Å². The van der Waals surface area contributed by atoms with Crippen LogP contribution in [0, 0.1) is 5.92 Å². The Labute approximate surface area is 256 Å². The molecule has 0 fully saturated rings. The molecular weight excluding hydrogens is 558 g/mol. The Balaban J connectivity index is 1.21. The average Bonchev–Trinajstić information content (AvgIpc) is 3.72. The number of pyridine rings is 1. The summed E-state index contributed by atoms with van der Waals surface area (Å²) >= 11 is 0. The van der Waals surface area contributed by atoms with E-state index in [0.29, 0.717) is 74.0 Å². The molecule has 6 rings (SSSR count). The fraction of sp³-hybridized carbons (Fsp3) is 0.500. The van der Waals surface area contributed by atoms with Gasteiger partial charge in [0, 0.05) is 69.3 Å². The fourth-order valence-corrected chi connectivity index (χ4v) is 6.23. The summed E-state index contributed by atoms with van der Waals surface area (Å²) in [7, 11) is 1.94.